The number of aliphatic carboxylic acids is 1. The molecule has 1 aliphatic heterocycles. The maximum absolute atomic E-state index is 12.2. The summed E-state index contributed by atoms with van der Waals surface area (Å²) in [6.45, 7) is 4.03. The van der Waals surface area contributed by atoms with Crippen LogP contribution >= 0.6 is 28.3 Å². The lowest BCUT2D eigenvalue weighted by atomic mass is 10.0. The Labute approximate surface area is 163 Å². The van der Waals surface area contributed by atoms with E-state index in [1.807, 2.05) is 37.1 Å². The Kier molecular flexibility index (Phi) is 8.85. The van der Waals surface area contributed by atoms with E-state index in [-0.39, 0.29) is 30.9 Å². The molecule has 1 aliphatic rings. The Morgan fingerprint density at radius 3 is 2.56 bits per heavy atom. The van der Waals surface area contributed by atoms with Gasteiger partial charge in [-0.3, -0.25) is 19.4 Å². The fourth-order valence-electron chi connectivity index (χ4n) is 2.99. The number of halogens is 2. The number of nitrogens with one attached hydrogen (secondary N) is 1. The molecule has 2 N–H and O–H groups in total. The summed E-state index contributed by atoms with van der Waals surface area (Å²) in [5.41, 5.74) is 1.88. The van der Waals surface area contributed by atoms with E-state index in [2.05, 4.69) is 26.1 Å². The third-order valence-corrected chi connectivity index (χ3v) is 5.26. The van der Waals surface area contributed by atoms with E-state index in [1.54, 1.807) is 0 Å². The monoisotopic (exact) mass is 433 g/mol. The van der Waals surface area contributed by atoms with Crippen LogP contribution in [0.2, 0.25) is 0 Å². The normalized spacial score (nSPS) is 15.7. The Morgan fingerprint density at radius 1 is 1.36 bits per heavy atom. The average molecular weight is 435 g/mol. The molecule has 1 aromatic rings. The molecule has 25 heavy (non-hydrogen) atoms. The van der Waals surface area contributed by atoms with Crippen molar-refractivity contribution >= 4 is 45.9 Å². The van der Waals surface area contributed by atoms with Gasteiger partial charge in [-0.1, -0.05) is 15.9 Å². The van der Waals surface area contributed by atoms with Crippen LogP contribution in [-0.4, -0.2) is 66.1 Å². The van der Waals surface area contributed by atoms with Crippen LogP contribution in [0.3, 0.4) is 0 Å². The molecular formula is C17H25BrClN3O3. The van der Waals surface area contributed by atoms with E-state index in [0.29, 0.717) is 6.54 Å². The molecule has 1 saturated heterocycles. The van der Waals surface area contributed by atoms with E-state index in [9.17, 15) is 9.59 Å². The van der Waals surface area contributed by atoms with Crippen molar-refractivity contribution in [3.05, 3.63) is 28.2 Å². The second kappa shape index (κ2) is 10.1. The van der Waals surface area contributed by atoms with Crippen LogP contribution in [0.15, 0.2) is 22.7 Å². The second-order valence-corrected chi connectivity index (χ2v) is 7.18. The number of hydrogen-bond acceptors (Lipinski definition) is 4. The molecule has 8 heteroatoms. The van der Waals surface area contributed by atoms with Crippen LogP contribution in [0.4, 0.5) is 5.69 Å². The predicted molar refractivity (Wildman–Crippen MR) is 104 cm³/mol. The van der Waals surface area contributed by atoms with Crippen molar-refractivity contribution in [3.8, 4) is 0 Å². The number of benzene rings is 1. The third-order valence-electron chi connectivity index (χ3n) is 4.37. The zero-order chi connectivity index (χ0) is 17.7. The Morgan fingerprint density at radius 2 is 2.00 bits per heavy atom. The lowest BCUT2D eigenvalue weighted by Crippen LogP contribution is -2.46. The summed E-state index contributed by atoms with van der Waals surface area (Å²) < 4.78 is 1.02. The van der Waals surface area contributed by atoms with Crippen LogP contribution in [-0.2, 0) is 9.59 Å². The van der Waals surface area contributed by atoms with Gasteiger partial charge in [-0.25, -0.2) is 0 Å². The Bertz CT molecular complexity index is 607. The SMILES string of the molecule is Cc1cc(NC(=O)CN2CCC(N(C)CC(=O)O)CC2)ccc1Br.Cl. The van der Waals surface area contributed by atoms with Crippen molar-refractivity contribution in [3.63, 3.8) is 0 Å². The van der Waals surface area contributed by atoms with Gasteiger partial charge >= 0.3 is 5.97 Å². The van der Waals surface area contributed by atoms with Gasteiger partial charge in [0, 0.05) is 29.3 Å². The number of carboxylic acid groups (broad SMARTS) is 1. The maximum Gasteiger partial charge on any atom is 0.317 e. The number of nitrogens with zero attached hydrogens (tertiary/aromatic N) is 2. The fraction of sp³-hybridized carbons (Fsp3) is 0.529. The van der Waals surface area contributed by atoms with E-state index in [4.69, 9.17) is 5.11 Å². The van der Waals surface area contributed by atoms with Crippen molar-refractivity contribution < 1.29 is 14.7 Å². The molecule has 1 heterocycles. The fourth-order valence-corrected chi connectivity index (χ4v) is 3.23. The summed E-state index contributed by atoms with van der Waals surface area (Å²) >= 11 is 3.45. The molecular weight excluding hydrogens is 410 g/mol. The Balaban J connectivity index is 0.00000312. The minimum atomic E-state index is -0.802. The van der Waals surface area contributed by atoms with Crippen molar-refractivity contribution in [2.75, 3.05) is 38.5 Å². The van der Waals surface area contributed by atoms with Crippen LogP contribution in [0.5, 0.6) is 0 Å². The summed E-state index contributed by atoms with van der Waals surface area (Å²) in [6.07, 6.45) is 1.77. The highest BCUT2D eigenvalue weighted by atomic mass is 79.9. The molecule has 0 saturated carbocycles. The average Bonchev–Trinajstić information content (AvgIpc) is 2.51. The zero-order valence-electron chi connectivity index (χ0n) is 14.5. The molecule has 0 unspecified atom stereocenters. The molecule has 1 amide bonds. The van der Waals surface area contributed by atoms with Gasteiger partial charge in [-0.05, 0) is 50.6 Å². The molecule has 0 spiro atoms. The number of amides is 1. The maximum atomic E-state index is 12.2. The van der Waals surface area contributed by atoms with E-state index >= 15 is 0 Å². The second-order valence-electron chi connectivity index (χ2n) is 6.33. The number of aryl methyl sites for hydroxylation is 1. The van der Waals surface area contributed by atoms with Crippen LogP contribution < -0.4 is 5.32 Å². The molecule has 6 nitrogen and oxygen atoms in total. The highest BCUT2D eigenvalue weighted by Crippen LogP contribution is 2.20. The number of anilines is 1. The molecule has 1 aromatic carbocycles. The van der Waals surface area contributed by atoms with Crippen LogP contribution in [0.25, 0.3) is 0 Å². The van der Waals surface area contributed by atoms with Gasteiger partial charge in [-0.15, -0.1) is 12.4 Å². The van der Waals surface area contributed by atoms with Gasteiger partial charge in [-0.2, -0.15) is 0 Å². The number of likely N-dealkylation sites (tertiary alicyclic amines) is 1. The highest BCUT2D eigenvalue weighted by molar-refractivity contribution is 9.10. The first-order valence-electron chi connectivity index (χ1n) is 8.05. The quantitative estimate of drug-likeness (QED) is 0.720. The van der Waals surface area contributed by atoms with E-state index in [0.717, 1.165) is 41.7 Å². The first kappa shape index (κ1) is 21.9. The summed E-state index contributed by atoms with van der Waals surface area (Å²) in [7, 11) is 1.84. The summed E-state index contributed by atoms with van der Waals surface area (Å²) in [5, 5.41) is 11.8. The molecule has 0 radical (unpaired) electrons. The third kappa shape index (κ3) is 6.93. The van der Waals surface area contributed by atoms with Crippen molar-refractivity contribution in [2.24, 2.45) is 0 Å². The van der Waals surface area contributed by atoms with Crippen LogP contribution in [0, 0.1) is 6.92 Å². The topological polar surface area (TPSA) is 72.9 Å². The largest absolute Gasteiger partial charge is 0.480 e. The number of piperidine rings is 1. The first-order valence-corrected chi connectivity index (χ1v) is 8.85. The number of hydrogen-bond donors (Lipinski definition) is 2. The van der Waals surface area contributed by atoms with E-state index in [1.165, 1.54) is 0 Å². The minimum Gasteiger partial charge on any atom is -0.480 e. The molecule has 2 rings (SSSR count). The molecule has 1 fully saturated rings. The molecule has 140 valence electrons. The Hall–Kier alpha value is -1.15. The van der Waals surface area contributed by atoms with Gasteiger partial charge < -0.3 is 10.4 Å². The summed E-state index contributed by atoms with van der Waals surface area (Å²) in [5.74, 6) is -0.821. The number of rotatable bonds is 6. The lowest BCUT2D eigenvalue weighted by molar-refractivity contribution is -0.138. The molecule has 0 aliphatic carbocycles. The molecule has 0 aromatic heterocycles. The van der Waals surface area contributed by atoms with Gasteiger partial charge in [0.25, 0.3) is 0 Å². The molecule has 0 atom stereocenters. The summed E-state index contributed by atoms with van der Waals surface area (Å²) in [4.78, 5) is 27.0. The number of carboxylic acids is 1. The van der Waals surface area contributed by atoms with Gasteiger partial charge in [0.1, 0.15) is 0 Å². The minimum absolute atomic E-state index is 0. The highest BCUT2D eigenvalue weighted by Gasteiger charge is 2.24. The lowest BCUT2D eigenvalue weighted by Gasteiger charge is -2.35. The standard InChI is InChI=1S/C17H24BrN3O3.ClH/c1-12-9-13(3-4-15(12)18)19-16(22)10-21-7-5-14(6-8-21)20(2)11-17(23)24;/h3-4,9,14H,5-8,10-11H2,1-2H3,(H,19,22)(H,23,24);1H. The zero-order valence-corrected chi connectivity index (χ0v) is 16.9. The van der Waals surface area contributed by atoms with Crippen LogP contribution in [0.1, 0.15) is 18.4 Å². The summed E-state index contributed by atoms with van der Waals surface area (Å²) in [6, 6.07) is 6.01. The predicted octanol–water partition coefficient (Wildman–Crippen LogP) is 2.60. The van der Waals surface area contributed by atoms with Gasteiger partial charge in [0.2, 0.25) is 5.91 Å². The van der Waals surface area contributed by atoms with E-state index < -0.39 is 5.97 Å². The smallest absolute Gasteiger partial charge is 0.317 e. The number of carbonyl (C=O) groups excluding carboxylic acids is 1. The van der Waals surface area contributed by atoms with Crippen molar-refractivity contribution in [2.45, 2.75) is 25.8 Å². The number of carbonyl (C=O) groups is 2. The number of likely N-dealkylation sites (N-methyl/N-ethyl adjacent to an activating group) is 1. The van der Waals surface area contributed by atoms with Gasteiger partial charge in [0.15, 0.2) is 0 Å². The van der Waals surface area contributed by atoms with Gasteiger partial charge in [0.05, 0.1) is 13.1 Å². The van der Waals surface area contributed by atoms with Crippen molar-refractivity contribution in [1.82, 2.24) is 9.80 Å². The van der Waals surface area contributed by atoms with Crippen molar-refractivity contribution in [1.29, 1.82) is 0 Å². The first-order chi connectivity index (χ1) is 11.3. The molecule has 0 bridgehead atoms.